The van der Waals surface area contributed by atoms with E-state index in [1.807, 2.05) is 12.3 Å². The molecule has 2 aromatic heterocycles. The average molecular weight is 325 g/mol. The highest BCUT2D eigenvalue weighted by molar-refractivity contribution is 7.15. The summed E-state index contributed by atoms with van der Waals surface area (Å²) in [4.78, 5) is 4.53. The zero-order valence-electron chi connectivity index (χ0n) is 13.1. The minimum absolute atomic E-state index is 0.420. The van der Waals surface area contributed by atoms with Gasteiger partial charge in [0.1, 0.15) is 15.8 Å². The van der Waals surface area contributed by atoms with E-state index in [-0.39, 0.29) is 0 Å². The molecule has 0 spiro atoms. The molecule has 0 aliphatic carbocycles. The van der Waals surface area contributed by atoms with Crippen molar-refractivity contribution in [1.29, 1.82) is 0 Å². The van der Waals surface area contributed by atoms with E-state index in [0.717, 1.165) is 33.6 Å². The first-order valence-corrected chi connectivity index (χ1v) is 9.06. The van der Waals surface area contributed by atoms with E-state index in [1.165, 1.54) is 24.4 Å². The van der Waals surface area contributed by atoms with Gasteiger partial charge in [0.25, 0.3) is 0 Å². The summed E-state index contributed by atoms with van der Waals surface area (Å²) in [7, 11) is 0. The minimum Gasteiger partial charge on any atom is -0.382 e. The summed E-state index contributed by atoms with van der Waals surface area (Å²) < 4.78 is 4.29. The van der Waals surface area contributed by atoms with Gasteiger partial charge in [-0.1, -0.05) is 26.7 Å². The fourth-order valence-corrected chi connectivity index (χ4v) is 3.95. The predicted molar refractivity (Wildman–Crippen MR) is 94.1 cm³/mol. The van der Waals surface area contributed by atoms with Gasteiger partial charge in [-0.05, 0) is 37.7 Å². The van der Waals surface area contributed by atoms with Crippen molar-refractivity contribution < 1.29 is 0 Å². The van der Waals surface area contributed by atoms with Crippen molar-refractivity contribution in [3.63, 3.8) is 0 Å². The second kappa shape index (κ2) is 7.22. The number of nitrogens with zero attached hydrogens (tertiary/aromatic N) is 2. The van der Waals surface area contributed by atoms with Crippen LogP contribution >= 0.6 is 22.9 Å². The SMILES string of the molecule is Cc1csc(-c2c(N)nsc2NC(C)CCCC(C)C)n1. The molecule has 21 heavy (non-hydrogen) atoms. The van der Waals surface area contributed by atoms with E-state index in [2.05, 4.69) is 35.4 Å². The summed E-state index contributed by atoms with van der Waals surface area (Å²) in [6.07, 6.45) is 3.67. The average Bonchev–Trinajstić information content (AvgIpc) is 2.95. The number of nitrogens with one attached hydrogen (secondary N) is 1. The van der Waals surface area contributed by atoms with Crippen LogP contribution in [0.25, 0.3) is 10.6 Å². The lowest BCUT2D eigenvalue weighted by molar-refractivity contribution is 0.520. The van der Waals surface area contributed by atoms with Gasteiger partial charge in [-0.25, -0.2) is 4.98 Å². The number of nitrogen functional groups attached to an aromatic ring is 1. The van der Waals surface area contributed by atoms with Gasteiger partial charge in [0.15, 0.2) is 0 Å². The predicted octanol–water partition coefficient (Wildman–Crippen LogP) is 4.78. The van der Waals surface area contributed by atoms with Gasteiger partial charge in [0.05, 0.1) is 5.56 Å². The van der Waals surface area contributed by atoms with Crippen LogP contribution in [0.5, 0.6) is 0 Å². The quantitative estimate of drug-likeness (QED) is 0.769. The van der Waals surface area contributed by atoms with Crippen LogP contribution < -0.4 is 11.1 Å². The number of rotatable bonds is 7. The molecule has 0 bridgehead atoms. The van der Waals surface area contributed by atoms with E-state index < -0.39 is 0 Å². The van der Waals surface area contributed by atoms with Gasteiger partial charge in [-0.3, -0.25) is 0 Å². The Balaban J connectivity index is 2.04. The van der Waals surface area contributed by atoms with Crippen molar-refractivity contribution in [3.8, 4) is 10.6 Å². The third-order valence-corrected chi connectivity index (χ3v) is 5.12. The third-order valence-electron chi connectivity index (χ3n) is 3.35. The Morgan fingerprint density at radius 3 is 2.67 bits per heavy atom. The maximum Gasteiger partial charge on any atom is 0.149 e. The van der Waals surface area contributed by atoms with Gasteiger partial charge < -0.3 is 11.1 Å². The number of anilines is 2. The van der Waals surface area contributed by atoms with Crippen LogP contribution in [-0.2, 0) is 0 Å². The molecule has 116 valence electrons. The molecule has 1 unspecified atom stereocenters. The molecule has 1 atom stereocenters. The molecule has 6 heteroatoms. The highest BCUT2D eigenvalue weighted by atomic mass is 32.1. The fourth-order valence-electron chi connectivity index (χ4n) is 2.20. The summed E-state index contributed by atoms with van der Waals surface area (Å²) >= 11 is 3.05. The molecule has 0 radical (unpaired) electrons. The first-order valence-electron chi connectivity index (χ1n) is 7.41. The zero-order chi connectivity index (χ0) is 15.4. The van der Waals surface area contributed by atoms with Gasteiger partial charge in [0.2, 0.25) is 0 Å². The number of hydrogen-bond donors (Lipinski definition) is 2. The lowest BCUT2D eigenvalue weighted by atomic mass is 10.0. The van der Waals surface area contributed by atoms with Crippen molar-refractivity contribution >= 4 is 33.7 Å². The molecule has 2 rings (SSSR count). The van der Waals surface area contributed by atoms with Gasteiger partial charge in [0, 0.05) is 17.1 Å². The van der Waals surface area contributed by atoms with Crippen molar-refractivity contribution in [1.82, 2.24) is 9.36 Å². The smallest absolute Gasteiger partial charge is 0.149 e. The van der Waals surface area contributed by atoms with E-state index >= 15 is 0 Å². The molecule has 2 heterocycles. The first kappa shape index (κ1) is 16.2. The summed E-state index contributed by atoms with van der Waals surface area (Å²) in [5.41, 5.74) is 8.02. The Kier molecular flexibility index (Phi) is 5.58. The normalized spacial score (nSPS) is 12.8. The van der Waals surface area contributed by atoms with Gasteiger partial charge in [-0.2, -0.15) is 4.37 Å². The largest absolute Gasteiger partial charge is 0.382 e. The Bertz CT molecular complexity index is 574. The lowest BCUT2D eigenvalue weighted by Crippen LogP contribution is -2.14. The molecule has 0 aliphatic heterocycles. The molecule has 4 nitrogen and oxygen atoms in total. The molecule has 2 aromatic rings. The van der Waals surface area contributed by atoms with E-state index in [0.29, 0.717) is 11.9 Å². The Morgan fingerprint density at radius 1 is 1.29 bits per heavy atom. The van der Waals surface area contributed by atoms with E-state index in [1.54, 1.807) is 11.3 Å². The van der Waals surface area contributed by atoms with Crippen LogP contribution in [0, 0.1) is 12.8 Å². The fraction of sp³-hybridized carbons (Fsp3) is 0.600. The molecule has 0 amide bonds. The zero-order valence-corrected chi connectivity index (χ0v) is 14.8. The van der Waals surface area contributed by atoms with Gasteiger partial charge in [-0.15, -0.1) is 11.3 Å². The molecular weight excluding hydrogens is 300 g/mol. The third kappa shape index (κ3) is 4.41. The second-order valence-corrected chi connectivity index (χ2v) is 7.57. The second-order valence-electron chi connectivity index (χ2n) is 5.94. The number of aromatic nitrogens is 2. The highest BCUT2D eigenvalue weighted by Crippen LogP contribution is 2.38. The van der Waals surface area contributed by atoms with Crippen LogP contribution in [0.15, 0.2) is 5.38 Å². The standard InChI is InChI=1S/C15H24N4S2/c1-9(2)6-5-7-10(3)17-15-12(13(16)19-21-15)14-18-11(4)8-20-14/h8-10,17H,5-7H2,1-4H3,(H2,16,19). The van der Waals surface area contributed by atoms with Crippen molar-refractivity contribution in [3.05, 3.63) is 11.1 Å². The molecule has 0 aromatic carbocycles. The maximum absolute atomic E-state index is 6.02. The molecule has 0 saturated heterocycles. The summed E-state index contributed by atoms with van der Waals surface area (Å²) in [6, 6.07) is 0.420. The minimum atomic E-state index is 0.420. The monoisotopic (exact) mass is 324 g/mol. The number of thiazole rings is 1. The van der Waals surface area contributed by atoms with Crippen molar-refractivity contribution in [2.45, 2.75) is 53.0 Å². The number of hydrogen-bond acceptors (Lipinski definition) is 6. The molecule has 0 fully saturated rings. The van der Waals surface area contributed by atoms with Gasteiger partial charge >= 0.3 is 0 Å². The summed E-state index contributed by atoms with van der Waals surface area (Å²) in [5.74, 6) is 1.34. The van der Waals surface area contributed by atoms with Crippen LogP contribution in [0.4, 0.5) is 10.8 Å². The van der Waals surface area contributed by atoms with Crippen molar-refractivity contribution in [2.75, 3.05) is 11.1 Å². The van der Waals surface area contributed by atoms with E-state index in [9.17, 15) is 0 Å². The van der Waals surface area contributed by atoms with Crippen LogP contribution in [0.3, 0.4) is 0 Å². The van der Waals surface area contributed by atoms with Crippen LogP contribution in [-0.4, -0.2) is 15.4 Å². The number of nitrogens with two attached hydrogens (primary N) is 1. The van der Waals surface area contributed by atoms with E-state index in [4.69, 9.17) is 5.73 Å². The van der Waals surface area contributed by atoms with Crippen molar-refractivity contribution in [2.24, 2.45) is 5.92 Å². The Hall–Kier alpha value is -1.14. The molecule has 3 N–H and O–H groups in total. The summed E-state index contributed by atoms with van der Waals surface area (Å²) in [5, 5.41) is 7.59. The maximum atomic E-state index is 6.02. The topological polar surface area (TPSA) is 63.8 Å². The summed E-state index contributed by atoms with van der Waals surface area (Å²) in [6.45, 7) is 8.75. The van der Waals surface area contributed by atoms with Crippen LogP contribution in [0.2, 0.25) is 0 Å². The number of aryl methyl sites for hydroxylation is 1. The Morgan fingerprint density at radius 2 is 2.05 bits per heavy atom. The lowest BCUT2D eigenvalue weighted by Gasteiger charge is -2.15. The molecule has 0 saturated carbocycles. The highest BCUT2D eigenvalue weighted by Gasteiger charge is 2.18. The first-order chi connectivity index (χ1) is 9.97. The molecular formula is C15H24N4S2. The molecule has 0 aliphatic rings. The Labute approximate surface area is 135 Å². The van der Waals surface area contributed by atoms with Crippen LogP contribution in [0.1, 0.15) is 45.7 Å².